The fraction of sp³-hybridized carbons (Fsp3) is 0.294. The molecule has 1 fully saturated rings. The number of benzene rings is 1. The van der Waals surface area contributed by atoms with Gasteiger partial charge in [-0.25, -0.2) is 9.78 Å². The number of carbonyl (C=O) groups excluding carboxylic acids is 3. The molecule has 1 aromatic carbocycles. The lowest BCUT2D eigenvalue weighted by atomic mass is 10.1. The SMILES string of the molecule is COC(=O)c1cnc(NC(=O)C2CC(=O)N(c3cccc(OC)c3)C2)s1. The van der Waals surface area contributed by atoms with Crippen molar-refractivity contribution in [3.8, 4) is 5.75 Å². The van der Waals surface area contributed by atoms with Crippen LogP contribution >= 0.6 is 11.3 Å². The molecule has 1 aliphatic heterocycles. The molecule has 0 spiro atoms. The number of methoxy groups -OCH3 is 2. The highest BCUT2D eigenvalue weighted by molar-refractivity contribution is 7.17. The molecule has 0 bridgehead atoms. The van der Waals surface area contributed by atoms with Crippen LogP contribution in [0.2, 0.25) is 0 Å². The minimum Gasteiger partial charge on any atom is -0.497 e. The van der Waals surface area contributed by atoms with E-state index in [1.165, 1.54) is 13.3 Å². The Hall–Kier alpha value is -2.94. The van der Waals surface area contributed by atoms with Gasteiger partial charge in [-0.1, -0.05) is 17.4 Å². The minimum atomic E-state index is -0.511. The molecule has 26 heavy (non-hydrogen) atoms. The maximum Gasteiger partial charge on any atom is 0.349 e. The van der Waals surface area contributed by atoms with E-state index in [1.807, 2.05) is 0 Å². The zero-order chi connectivity index (χ0) is 18.7. The molecule has 1 aromatic heterocycles. The molecule has 2 aromatic rings. The Morgan fingerprint density at radius 1 is 1.35 bits per heavy atom. The van der Waals surface area contributed by atoms with Gasteiger partial charge >= 0.3 is 5.97 Å². The van der Waals surface area contributed by atoms with Crippen LogP contribution in [0.25, 0.3) is 0 Å². The first-order valence-corrected chi connectivity index (χ1v) is 8.63. The molecule has 1 N–H and O–H groups in total. The van der Waals surface area contributed by atoms with Crippen LogP contribution < -0.4 is 15.0 Å². The van der Waals surface area contributed by atoms with Crippen molar-refractivity contribution >= 4 is 39.9 Å². The number of thiazole rings is 1. The molecule has 1 aliphatic rings. The first kappa shape index (κ1) is 17.9. The number of ether oxygens (including phenoxy) is 2. The normalized spacial score (nSPS) is 16.5. The zero-order valence-corrected chi connectivity index (χ0v) is 15.0. The maximum absolute atomic E-state index is 12.4. The molecule has 3 rings (SSSR count). The summed E-state index contributed by atoms with van der Waals surface area (Å²) in [5, 5.41) is 2.95. The molecule has 0 saturated carbocycles. The predicted molar refractivity (Wildman–Crippen MR) is 95.5 cm³/mol. The largest absolute Gasteiger partial charge is 0.497 e. The quantitative estimate of drug-likeness (QED) is 0.802. The van der Waals surface area contributed by atoms with Gasteiger partial charge in [-0.2, -0.15) is 0 Å². The van der Waals surface area contributed by atoms with E-state index in [4.69, 9.17) is 4.74 Å². The highest BCUT2D eigenvalue weighted by Crippen LogP contribution is 2.29. The van der Waals surface area contributed by atoms with Gasteiger partial charge in [0.05, 0.1) is 26.3 Å². The molecule has 9 heteroatoms. The molecule has 1 atom stereocenters. The summed E-state index contributed by atoms with van der Waals surface area (Å²) in [7, 11) is 2.83. The molecular weight excluding hydrogens is 358 g/mol. The number of nitrogens with one attached hydrogen (secondary N) is 1. The summed E-state index contributed by atoms with van der Waals surface area (Å²) in [5.74, 6) is -0.814. The first-order valence-electron chi connectivity index (χ1n) is 7.81. The van der Waals surface area contributed by atoms with Crippen molar-refractivity contribution in [2.75, 3.05) is 31.0 Å². The molecule has 0 radical (unpaired) electrons. The van der Waals surface area contributed by atoms with Crippen LogP contribution in [0.3, 0.4) is 0 Å². The lowest BCUT2D eigenvalue weighted by Gasteiger charge is -2.17. The lowest BCUT2D eigenvalue weighted by Crippen LogP contribution is -2.28. The number of nitrogens with zero attached hydrogens (tertiary/aromatic N) is 2. The van der Waals surface area contributed by atoms with Gasteiger partial charge < -0.3 is 19.7 Å². The number of rotatable bonds is 5. The third-order valence-electron chi connectivity index (χ3n) is 3.98. The second kappa shape index (κ2) is 7.52. The van der Waals surface area contributed by atoms with E-state index in [9.17, 15) is 14.4 Å². The Morgan fingerprint density at radius 2 is 2.15 bits per heavy atom. The smallest absolute Gasteiger partial charge is 0.349 e. The number of amides is 2. The number of hydrogen-bond acceptors (Lipinski definition) is 7. The van der Waals surface area contributed by atoms with Crippen LogP contribution in [0.1, 0.15) is 16.1 Å². The van der Waals surface area contributed by atoms with E-state index in [2.05, 4.69) is 15.0 Å². The topological polar surface area (TPSA) is 97.8 Å². The van der Waals surface area contributed by atoms with Gasteiger partial charge in [0.1, 0.15) is 10.6 Å². The van der Waals surface area contributed by atoms with E-state index < -0.39 is 11.9 Å². The Balaban J connectivity index is 1.67. The number of carbonyl (C=O) groups is 3. The third-order valence-corrected chi connectivity index (χ3v) is 4.88. The molecule has 8 nitrogen and oxygen atoms in total. The summed E-state index contributed by atoms with van der Waals surface area (Å²) in [4.78, 5) is 42.0. The van der Waals surface area contributed by atoms with Crippen LogP contribution in [-0.2, 0) is 14.3 Å². The lowest BCUT2D eigenvalue weighted by molar-refractivity contribution is -0.122. The van der Waals surface area contributed by atoms with E-state index in [-0.39, 0.29) is 24.8 Å². The zero-order valence-electron chi connectivity index (χ0n) is 14.2. The van der Waals surface area contributed by atoms with Crippen molar-refractivity contribution in [3.05, 3.63) is 35.3 Å². The number of anilines is 2. The molecule has 0 aliphatic carbocycles. The van der Waals surface area contributed by atoms with Crippen molar-refractivity contribution in [3.63, 3.8) is 0 Å². The summed E-state index contributed by atoms with van der Waals surface area (Å²) in [6.45, 7) is 0.271. The molecular formula is C17H17N3O5S. The average Bonchev–Trinajstić information content (AvgIpc) is 3.28. The van der Waals surface area contributed by atoms with E-state index >= 15 is 0 Å². The summed E-state index contributed by atoms with van der Waals surface area (Å²) >= 11 is 1.02. The first-order chi connectivity index (χ1) is 12.5. The summed E-state index contributed by atoms with van der Waals surface area (Å²) in [6.07, 6.45) is 1.45. The maximum atomic E-state index is 12.4. The Kier molecular flexibility index (Phi) is 5.17. The van der Waals surface area contributed by atoms with Crippen molar-refractivity contribution in [2.45, 2.75) is 6.42 Å². The van der Waals surface area contributed by atoms with Gasteiger partial charge in [-0.3, -0.25) is 9.59 Å². The van der Waals surface area contributed by atoms with E-state index in [0.717, 1.165) is 11.3 Å². The van der Waals surface area contributed by atoms with Gasteiger partial charge in [-0.15, -0.1) is 0 Å². The van der Waals surface area contributed by atoms with Crippen LogP contribution in [0.5, 0.6) is 5.75 Å². The van der Waals surface area contributed by atoms with Gasteiger partial charge in [0, 0.05) is 24.7 Å². The second-order valence-corrected chi connectivity index (χ2v) is 6.65. The standard InChI is InChI=1S/C17H17N3O5S/c1-24-12-5-3-4-11(7-12)20-9-10(6-14(20)21)15(22)19-17-18-8-13(26-17)16(23)25-2/h3-5,7-8,10H,6,9H2,1-2H3,(H,18,19,22). The molecule has 2 amide bonds. The number of hydrogen-bond donors (Lipinski definition) is 1. The molecule has 2 heterocycles. The fourth-order valence-corrected chi connectivity index (χ4v) is 3.38. The molecule has 136 valence electrons. The predicted octanol–water partition coefficient (Wildman–Crippen LogP) is 1.93. The average molecular weight is 375 g/mol. The summed E-state index contributed by atoms with van der Waals surface area (Å²) < 4.78 is 9.78. The third kappa shape index (κ3) is 3.67. The highest BCUT2D eigenvalue weighted by Gasteiger charge is 2.35. The second-order valence-electron chi connectivity index (χ2n) is 5.62. The van der Waals surface area contributed by atoms with Gasteiger partial charge in [0.25, 0.3) is 0 Å². The van der Waals surface area contributed by atoms with Crippen LogP contribution in [-0.4, -0.2) is 43.5 Å². The van der Waals surface area contributed by atoms with Crippen LogP contribution in [0.15, 0.2) is 30.5 Å². The van der Waals surface area contributed by atoms with Gasteiger partial charge in [0.15, 0.2) is 5.13 Å². The van der Waals surface area contributed by atoms with Gasteiger partial charge in [0.2, 0.25) is 11.8 Å². The van der Waals surface area contributed by atoms with E-state index in [1.54, 1.807) is 36.3 Å². The fourth-order valence-electron chi connectivity index (χ4n) is 2.65. The Labute approximate surface area is 153 Å². The van der Waals surface area contributed by atoms with Crippen molar-refractivity contribution < 1.29 is 23.9 Å². The Bertz CT molecular complexity index is 850. The minimum absolute atomic E-state index is 0.109. The highest BCUT2D eigenvalue weighted by atomic mass is 32.1. The van der Waals surface area contributed by atoms with Crippen LogP contribution in [0, 0.1) is 5.92 Å². The number of aromatic nitrogens is 1. The monoisotopic (exact) mass is 375 g/mol. The summed E-state index contributed by atoms with van der Waals surface area (Å²) in [6, 6.07) is 7.13. The van der Waals surface area contributed by atoms with E-state index in [0.29, 0.717) is 21.4 Å². The van der Waals surface area contributed by atoms with Gasteiger partial charge in [-0.05, 0) is 12.1 Å². The Morgan fingerprint density at radius 3 is 2.88 bits per heavy atom. The number of esters is 1. The van der Waals surface area contributed by atoms with Crippen molar-refractivity contribution in [2.24, 2.45) is 5.92 Å². The molecule has 1 saturated heterocycles. The van der Waals surface area contributed by atoms with Crippen molar-refractivity contribution in [1.82, 2.24) is 4.98 Å². The van der Waals surface area contributed by atoms with Crippen molar-refractivity contribution in [1.29, 1.82) is 0 Å². The van der Waals surface area contributed by atoms with Crippen LogP contribution in [0.4, 0.5) is 10.8 Å². The summed E-state index contributed by atoms with van der Waals surface area (Å²) in [5.41, 5.74) is 0.687. The molecule has 1 unspecified atom stereocenters.